The standard InChI is InChI=1S/C12H17NO4/c1-8(11(15)17-12(2,3)4)13-10(14)9-6-5-7-16-9/h5-8H,1-4H3,(H,13,14)/t8-/m1/s1. The SMILES string of the molecule is C[C@@H](NC(=O)c1ccco1)C(=O)OC(C)(C)C. The summed E-state index contributed by atoms with van der Waals surface area (Å²) in [5, 5.41) is 2.50. The molecule has 1 rings (SSSR count). The van der Waals surface area contributed by atoms with Crippen LogP contribution in [-0.2, 0) is 9.53 Å². The van der Waals surface area contributed by atoms with Gasteiger partial charge in [-0.2, -0.15) is 0 Å². The highest BCUT2D eigenvalue weighted by molar-refractivity contribution is 5.94. The Morgan fingerprint density at radius 1 is 1.41 bits per heavy atom. The molecule has 0 bridgehead atoms. The molecule has 94 valence electrons. The highest BCUT2D eigenvalue weighted by Gasteiger charge is 2.23. The van der Waals surface area contributed by atoms with E-state index in [4.69, 9.17) is 9.15 Å². The lowest BCUT2D eigenvalue weighted by Crippen LogP contribution is -2.42. The van der Waals surface area contributed by atoms with Crippen molar-refractivity contribution in [3.05, 3.63) is 24.2 Å². The fourth-order valence-corrected chi connectivity index (χ4v) is 1.12. The Morgan fingerprint density at radius 2 is 2.06 bits per heavy atom. The molecule has 0 saturated carbocycles. The van der Waals surface area contributed by atoms with E-state index in [1.165, 1.54) is 12.3 Å². The maximum Gasteiger partial charge on any atom is 0.328 e. The van der Waals surface area contributed by atoms with Crippen molar-refractivity contribution >= 4 is 11.9 Å². The van der Waals surface area contributed by atoms with E-state index in [0.717, 1.165) is 0 Å². The maximum absolute atomic E-state index is 11.6. The molecule has 1 aromatic heterocycles. The van der Waals surface area contributed by atoms with Gasteiger partial charge in [0.2, 0.25) is 0 Å². The van der Waals surface area contributed by atoms with Crippen molar-refractivity contribution in [1.82, 2.24) is 5.32 Å². The molecule has 0 fully saturated rings. The van der Waals surface area contributed by atoms with Gasteiger partial charge in [-0.3, -0.25) is 4.79 Å². The summed E-state index contributed by atoms with van der Waals surface area (Å²) < 4.78 is 10.0. The molecule has 0 radical (unpaired) electrons. The Hall–Kier alpha value is -1.78. The summed E-state index contributed by atoms with van der Waals surface area (Å²) in [4.78, 5) is 23.2. The Kier molecular flexibility index (Phi) is 3.93. The largest absolute Gasteiger partial charge is 0.459 e. The van der Waals surface area contributed by atoms with Crippen molar-refractivity contribution < 1.29 is 18.7 Å². The average molecular weight is 239 g/mol. The highest BCUT2D eigenvalue weighted by Crippen LogP contribution is 2.08. The first-order chi connectivity index (χ1) is 7.79. The zero-order chi connectivity index (χ0) is 13.1. The number of amides is 1. The molecule has 5 heteroatoms. The van der Waals surface area contributed by atoms with Gasteiger partial charge in [0.25, 0.3) is 5.91 Å². The number of ether oxygens (including phenoxy) is 1. The summed E-state index contributed by atoms with van der Waals surface area (Å²) in [6, 6.07) is 2.41. The van der Waals surface area contributed by atoms with Gasteiger partial charge in [-0.1, -0.05) is 0 Å². The molecule has 1 N–H and O–H groups in total. The minimum atomic E-state index is -0.716. The molecule has 1 amide bonds. The molecule has 5 nitrogen and oxygen atoms in total. The molecule has 0 aliphatic heterocycles. The van der Waals surface area contributed by atoms with E-state index in [9.17, 15) is 9.59 Å². The van der Waals surface area contributed by atoms with Crippen LogP contribution in [0, 0.1) is 0 Å². The van der Waals surface area contributed by atoms with Crippen molar-refractivity contribution in [2.45, 2.75) is 39.3 Å². The van der Waals surface area contributed by atoms with Crippen LogP contribution >= 0.6 is 0 Å². The summed E-state index contributed by atoms with van der Waals surface area (Å²) in [6.45, 7) is 6.87. The van der Waals surface area contributed by atoms with Crippen molar-refractivity contribution in [1.29, 1.82) is 0 Å². The van der Waals surface area contributed by atoms with Gasteiger partial charge >= 0.3 is 5.97 Å². The van der Waals surface area contributed by atoms with E-state index in [-0.39, 0.29) is 5.76 Å². The minimum absolute atomic E-state index is 0.167. The van der Waals surface area contributed by atoms with Gasteiger partial charge < -0.3 is 14.5 Å². The van der Waals surface area contributed by atoms with Crippen molar-refractivity contribution in [2.75, 3.05) is 0 Å². The van der Waals surface area contributed by atoms with Crippen LogP contribution in [0.5, 0.6) is 0 Å². The van der Waals surface area contributed by atoms with E-state index in [1.54, 1.807) is 33.8 Å². The second-order valence-electron chi connectivity index (χ2n) is 4.71. The van der Waals surface area contributed by atoms with Crippen LogP contribution in [0.2, 0.25) is 0 Å². The zero-order valence-electron chi connectivity index (χ0n) is 10.4. The number of carbonyl (C=O) groups excluding carboxylic acids is 2. The van der Waals surface area contributed by atoms with Gasteiger partial charge in [-0.25, -0.2) is 4.79 Å². The molecule has 17 heavy (non-hydrogen) atoms. The molecule has 0 unspecified atom stereocenters. The topological polar surface area (TPSA) is 68.5 Å². The van der Waals surface area contributed by atoms with Crippen LogP contribution in [-0.4, -0.2) is 23.5 Å². The third-order valence-corrected chi connectivity index (χ3v) is 1.85. The predicted molar refractivity (Wildman–Crippen MR) is 61.5 cm³/mol. The van der Waals surface area contributed by atoms with Crippen LogP contribution in [0.25, 0.3) is 0 Å². The van der Waals surface area contributed by atoms with Crippen molar-refractivity contribution in [3.8, 4) is 0 Å². The van der Waals surface area contributed by atoms with E-state index in [0.29, 0.717) is 0 Å². The van der Waals surface area contributed by atoms with Crippen molar-refractivity contribution in [2.24, 2.45) is 0 Å². The normalized spacial score (nSPS) is 12.9. The van der Waals surface area contributed by atoms with Crippen LogP contribution in [0.1, 0.15) is 38.2 Å². The molecule has 0 aliphatic rings. The first kappa shape index (κ1) is 13.3. The average Bonchev–Trinajstić information content (AvgIpc) is 2.67. The molecule has 0 saturated heterocycles. The van der Waals surface area contributed by atoms with Crippen LogP contribution in [0.3, 0.4) is 0 Å². The Balaban J connectivity index is 2.52. The third kappa shape index (κ3) is 4.30. The lowest BCUT2D eigenvalue weighted by Gasteiger charge is -2.22. The molecule has 0 aliphatic carbocycles. The summed E-state index contributed by atoms with van der Waals surface area (Å²) in [6.07, 6.45) is 1.40. The van der Waals surface area contributed by atoms with E-state index in [2.05, 4.69) is 5.32 Å². The molecule has 0 spiro atoms. The Labute approximate surface area is 100 Å². The van der Waals surface area contributed by atoms with E-state index >= 15 is 0 Å². The summed E-state index contributed by atoms with van der Waals surface area (Å²) in [7, 11) is 0. The predicted octanol–water partition coefficient (Wildman–Crippen LogP) is 1.74. The smallest absolute Gasteiger partial charge is 0.328 e. The van der Waals surface area contributed by atoms with Crippen LogP contribution in [0.4, 0.5) is 0 Å². The highest BCUT2D eigenvalue weighted by atomic mass is 16.6. The fourth-order valence-electron chi connectivity index (χ4n) is 1.12. The Morgan fingerprint density at radius 3 is 2.53 bits per heavy atom. The third-order valence-electron chi connectivity index (χ3n) is 1.85. The zero-order valence-corrected chi connectivity index (χ0v) is 10.4. The van der Waals surface area contributed by atoms with Gasteiger partial charge in [0, 0.05) is 0 Å². The van der Waals surface area contributed by atoms with Gasteiger partial charge in [0.1, 0.15) is 11.6 Å². The lowest BCUT2D eigenvalue weighted by atomic mass is 10.2. The maximum atomic E-state index is 11.6. The number of nitrogens with one attached hydrogen (secondary N) is 1. The first-order valence-electron chi connectivity index (χ1n) is 5.37. The van der Waals surface area contributed by atoms with E-state index < -0.39 is 23.5 Å². The molecule has 0 aromatic carbocycles. The molecule has 1 aromatic rings. The van der Waals surface area contributed by atoms with Gasteiger partial charge in [-0.15, -0.1) is 0 Å². The van der Waals surface area contributed by atoms with Gasteiger partial charge in [-0.05, 0) is 39.8 Å². The number of rotatable bonds is 3. The minimum Gasteiger partial charge on any atom is -0.459 e. The van der Waals surface area contributed by atoms with Crippen molar-refractivity contribution in [3.63, 3.8) is 0 Å². The molecular formula is C12H17NO4. The number of furan rings is 1. The summed E-state index contributed by atoms with van der Waals surface area (Å²) in [5.41, 5.74) is -0.569. The van der Waals surface area contributed by atoms with Crippen LogP contribution in [0.15, 0.2) is 22.8 Å². The summed E-state index contributed by atoms with van der Waals surface area (Å²) >= 11 is 0. The second kappa shape index (κ2) is 5.03. The van der Waals surface area contributed by atoms with Gasteiger partial charge in [0.05, 0.1) is 6.26 Å². The fraction of sp³-hybridized carbons (Fsp3) is 0.500. The first-order valence-corrected chi connectivity index (χ1v) is 5.37. The van der Waals surface area contributed by atoms with Gasteiger partial charge in [0.15, 0.2) is 5.76 Å². The lowest BCUT2D eigenvalue weighted by molar-refractivity contribution is -0.156. The quantitative estimate of drug-likeness (QED) is 0.816. The molecule has 1 atom stereocenters. The molecule has 1 heterocycles. The molecular weight excluding hydrogens is 222 g/mol. The summed E-state index contributed by atoms with van der Waals surface area (Å²) in [5.74, 6) is -0.744. The number of esters is 1. The number of hydrogen-bond acceptors (Lipinski definition) is 4. The van der Waals surface area contributed by atoms with E-state index in [1.807, 2.05) is 0 Å². The number of carbonyl (C=O) groups is 2. The second-order valence-corrected chi connectivity index (χ2v) is 4.71. The van der Waals surface area contributed by atoms with Crippen LogP contribution < -0.4 is 5.32 Å². The Bertz CT molecular complexity index is 389. The number of hydrogen-bond donors (Lipinski definition) is 1. The monoisotopic (exact) mass is 239 g/mol.